The number of fused-ring (bicyclic) bond motifs is 2. The summed E-state index contributed by atoms with van der Waals surface area (Å²) in [5.74, 6) is 1.29. The number of amides is 1. The number of hydrogen-bond donors (Lipinski definition) is 1. The highest BCUT2D eigenvalue weighted by Gasteiger charge is 2.43. The summed E-state index contributed by atoms with van der Waals surface area (Å²) in [6, 6.07) is 4.14. The molecule has 2 bridgehead atoms. The number of carbonyl (C=O) groups is 1. The third-order valence-electron chi connectivity index (χ3n) is 6.11. The molecule has 2 aromatic rings. The first-order valence-electron chi connectivity index (χ1n) is 11.4. The van der Waals surface area contributed by atoms with Crippen molar-refractivity contribution in [3.63, 3.8) is 0 Å². The van der Waals surface area contributed by atoms with E-state index in [-0.39, 0.29) is 24.3 Å². The van der Waals surface area contributed by atoms with Crippen LogP contribution in [0.4, 0.5) is 16.3 Å². The predicted molar refractivity (Wildman–Crippen MR) is 122 cm³/mol. The molecule has 4 rings (SSSR count). The maximum absolute atomic E-state index is 12.8. The topological polar surface area (TPSA) is 89.5 Å². The van der Waals surface area contributed by atoms with Gasteiger partial charge in [0.05, 0.1) is 16.9 Å². The molecular weight excluding hydrogens is 406 g/mol. The Balaban J connectivity index is 1.47. The maximum atomic E-state index is 12.8. The minimum Gasteiger partial charge on any atom is -0.474 e. The van der Waals surface area contributed by atoms with Crippen LogP contribution in [0.15, 0.2) is 24.7 Å². The third-order valence-corrected chi connectivity index (χ3v) is 6.11. The van der Waals surface area contributed by atoms with Crippen LogP contribution >= 0.6 is 0 Å². The van der Waals surface area contributed by atoms with E-state index in [9.17, 15) is 4.79 Å². The zero-order chi connectivity index (χ0) is 22.9. The molecule has 8 heteroatoms. The van der Waals surface area contributed by atoms with Crippen molar-refractivity contribution >= 4 is 17.6 Å². The molecule has 2 aromatic heterocycles. The summed E-state index contributed by atoms with van der Waals surface area (Å²) in [7, 11) is 0. The van der Waals surface area contributed by atoms with E-state index in [0.717, 1.165) is 49.0 Å². The summed E-state index contributed by atoms with van der Waals surface area (Å²) in [4.78, 5) is 27.9. The lowest BCUT2D eigenvalue weighted by molar-refractivity contribution is -0.0413. The summed E-state index contributed by atoms with van der Waals surface area (Å²) in [6.07, 6.45) is 7.74. The highest BCUT2D eigenvalue weighted by Crippen LogP contribution is 2.37. The number of nitrogens with zero attached hydrogens (tertiary/aromatic N) is 4. The highest BCUT2D eigenvalue weighted by molar-refractivity contribution is 5.69. The standard InChI is InChI=1S/C24H33N5O3/c1-15-21(28-20-10-7-11-25-16(20)2)26-14-27-22(15)31-19-12-17-8-6-9-18(13-19)29(17)23(30)32-24(3,4)5/h7,10-11,14,17-19H,6,8-9,12-13H2,1-5H3,(H,26,27,28). The van der Waals surface area contributed by atoms with Crippen LogP contribution in [0.1, 0.15) is 64.1 Å². The van der Waals surface area contributed by atoms with E-state index in [2.05, 4.69) is 20.3 Å². The largest absolute Gasteiger partial charge is 0.474 e. The van der Waals surface area contributed by atoms with Crippen molar-refractivity contribution in [3.05, 3.63) is 35.9 Å². The minimum atomic E-state index is -0.493. The molecule has 0 aromatic carbocycles. The van der Waals surface area contributed by atoms with Crippen molar-refractivity contribution in [2.24, 2.45) is 0 Å². The lowest BCUT2D eigenvalue weighted by atomic mass is 9.83. The van der Waals surface area contributed by atoms with Crippen LogP contribution in [0.2, 0.25) is 0 Å². The molecule has 2 atom stereocenters. The number of piperidine rings is 2. The summed E-state index contributed by atoms with van der Waals surface area (Å²) in [6.45, 7) is 9.64. The summed E-state index contributed by atoms with van der Waals surface area (Å²) < 4.78 is 12.1. The normalized spacial score (nSPS) is 22.9. The van der Waals surface area contributed by atoms with Gasteiger partial charge in [-0.05, 0) is 66.0 Å². The van der Waals surface area contributed by atoms with E-state index >= 15 is 0 Å². The SMILES string of the molecule is Cc1ncccc1Nc1ncnc(OC2CC3CCCC(C2)N3C(=O)OC(C)(C)C)c1C. The molecule has 2 saturated heterocycles. The van der Waals surface area contributed by atoms with Gasteiger partial charge in [-0.2, -0.15) is 0 Å². The van der Waals surface area contributed by atoms with Crippen molar-refractivity contribution in [2.45, 2.75) is 90.5 Å². The molecule has 2 aliphatic heterocycles. The van der Waals surface area contributed by atoms with Gasteiger partial charge in [-0.3, -0.25) is 4.98 Å². The number of aromatic nitrogens is 3. The summed E-state index contributed by atoms with van der Waals surface area (Å²) in [5, 5.41) is 3.34. The molecule has 0 radical (unpaired) electrons. The van der Waals surface area contributed by atoms with Crippen LogP contribution in [0.25, 0.3) is 0 Å². The van der Waals surface area contributed by atoms with Crippen LogP contribution in [0.5, 0.6) is 5.88 Å². The van der Waals surface area contributed by atoms with E-state index in [0.29, 0.717) is 11.7 Å². The molecule has 2 fully saturated rings. The Bertz CT molecular complexity index is 960. The predicted octanol–water partition coefficient (Wildman–Crippen LogP) is 4.93. The van der Waals surface area contributed by atoms with Crippen molar-refractivity contribution in [3.8, 4) is 5.88 Å². The average Bonchev–Trinajstić information content (AvgIpc) is 2.70. The Kier molecular flexibility index (Phi) is 6.22. The van der Waals surface area contributed by atoms with Gasteiger partial charge in [-0.1, -0.05) is 0 Å². The Labute approximate surface area is 189 Å². The summed E-state index contributed by atoms with van der Waals surface area (Å²) >= 11 is 0. The van der Waals surface area contributed by atoms with Gasteiger partial charge >= 0.3 is 6.09 Å². The van der Waals surface area contributed by atoms with Crippen LogP contribution in [0, 0.1) is 13.8 Å². The first-order valence-corrected chi connectivity index (χ1v) is 11.4. The van der Waals surface area contributed by atoms with Crippen molar-refractivity contribution in [1.82, 2.24) is 19.9 Å². The molecule has 0 spiro atoms. The Morgan fingerprint density at radius 1 is 1.12 bits per heavy atom. The zero-order valence-electron chi connectivity index (χ0n) is 19.6. The van der Waals surface area contributed by atoms with Gasteiger partial charge < -0.3 is 19.7 Å². The third kappa shape index (κ3) is 4.95. The first-order chi connectivity index (χ1) is 15.2. The molecule has 32 heavy (non-hydrogen) atoms. The van der Waals surface area contributed by atoms with Gasteiger partial charge in [-0.25, -0.2) is 14.8 Å². The number of ether oxygens (including phenoxy) is 2. The number of anilines is 2. The molecule has 4 heterocycles. The second-order valence-electron chi connectivity index (χ2n) is 9.75. The number of pyridine rings is 1. The second-order valence-corrected chi connectivity index (χ2v) is 9.75. The van der Waals surface area contributed by atoms with Gasteiger partial charge in [0.1, 0.15) is 23.9 Å². The molecule has 0 aliphatic carbocycles. The van der Waals surface area contributed by atoms with Gasteiger partial charge in [0.25, 0.3) is 0 Å². The molecule has 1 N–H and O–H groups in total. The molecule has 0 saturated carbocycles. The van der Waals surface area contributed by atoms with Gasteiger partial charge in [0, 0.05) is 31.1 Å². The van der Waals surface area contributed by atoms with Crippen molar-refractivity contribution in [1.29, 1.82) is 0 Å². The van der Waals surface area contributed by atoms with Crippen LogP contribution in [0.3, 0.4) is 0 Å². The van der Waals surface area contributed by atoms with E-state index in [1.54, 1.807) is 6.20 Å². The smallest absolute Gasteiger partial charge is 0.410 e. The van der Waals surface area contributed by atoms with Crippen LogP contribution < -0.4 is 10.1 Å². The number of nitrogens with one attached hydrogen (secondary N) is 1. The number of carbonyl (C=O) groups excluding carboxylic acids is 1. The lowest BCUT2D eigenvalue weighted by Crippen LogP contribution is -2.57. The second kappa shape index (κ2) is 8.92. The Hall–Kier alpha value is -2.90. The summed E-state index contributed by atoms with van der Waals surface area (Å²) in [5.41, 5.74) is 2.17. The Morgan fingerprint density at radius 3 is 2.50 bits per heavy atom. The van der Waals surface area contributed by atoms with E-state index < -0.39 is 5.60 Å². The van der Waals surface area contributed by atoms with E-state index in [4.69, 9.17) is 9.47 Å². The Morgan fingerprint density at radius 2 is 1.84 bits per heavy atom. The monoisotopic (exact) mass is 439 g/mol. The lowest BCUT2D eigenvalue weighted by Gasteiger charge is -2.48. The average molecular weight is 440 g/mol. The molecule has 1 amide bonds. The fraction of sp³-hybridized carbons (Fsp3) is 0.583. The molecule has 172 valence electrons. The fourth-order valence-electron chi connectivity index (χ4n) is 4.62. The number of rotatable bonds is 4. The fourth-order valence-corrected chi connectivity index (χ4v) is 4.62. The van der Waals surface area contributed by atoms with Crippen LogP contribution in [-0.2, 0) is 4.74 Å². The molecule has 2 aliphatic rings. The van der Waals surface area contributed by atoms with Crippen molar-refractivity contribution < 1.29 is 14.3 Å². The van der Waals surface area contributed by atoms with Gasteiger partial charge in [0.2, 0.25) is 5.88 Å². The molecular formula is C24H33N5O3. The number of aryl methyl sites for hydroxylation is 1. The van der Waals surface area contributed by atoms with Gasteiger partial charge in [-0.15, -0.1) is 0 Å². The highest BCUT2D eigenvalue weighted by atomic mass is 16.6. The molecule has 2 unspecified atom stereocenters. The van der Waals surface area contributed by atoms with E-state index in [1.807, 2.05) is 51.7 Å². The van der Waals surface area contributed by atoms with Gasteiger partial charge in [0.15, 0.2) is 0 Å². The van der Waals surface area contributed by atoms with E-state index in [1.165, 1.54) is 6.33 Å². The van der Waals surface area contributed by atoms with Crippen LogP contribution in [-0.4, -0.2) is 49.7 Å². The minimum absolute atomic E-state index is 0.00515. The number of hydrogen-bond acceptors (Lipinski definition) is 7. The molecule has 8 nitrogen and oxygen atoms in total. The first kappa shape index (κ1) is 22.3. The van der Waals surface area contributed by atoms with Crippen molar-refractivity contribution in [2.75, 3.05) is 5.32 Å². The zero-order valence-corrected chi connectivity index (χ0v) is 19.6. The maximum Gasteiger partial charge on any atom is 0.410 e. The quantitative estimate of drug-likeness (QED) is 0.722.